The highest BCUT2D eigenvalue weighted by molar-refractivity contribution is 5.66. The molecule has 0 amide bonds. The molecule has 0 fully saturated rings. The molecule has 0 aliphatic heterocycles. The quantitative estimate of drug-likeness (QED) is 0.771. The molecule has 1 aliphatic carbocycles. The molecule has 0 heterocycles. The van der Waals surface area contributed by atoms with Gasteiger partial charge in [0.2, 0.25) is 0 Å². The van der Waals surface area contributed by atoms with E-state index in [2.05, 4.69) is 31.7 Å². The third kappa shape index (κ3) is 3.06. The van der Waals surface area contributed by atoms with Crippen LogP contribution in [0.4, 0.5) is 4.39 Å². The molecule has 0 spiro atoms. The second-order valence-corrected chi connectivity index (χ2v) is 5.61. The van der Waals surface area contributed by atoms with E-state index < -0.39 is 0 Å². The first-order valence-electron chi connectivity index (χ1n) is 7.29. The maximum absolute atomic E-state index is 12.9. The minimum atomic E-state index is -0.159. The maximum Gasteiger partial charge on any atom is 0.123 e. The Bertz CT molecular complexity index is 445. The summed E-state index contributed by atoms with van der Waals surface area (Å²) in [5.74, 6) is -0.159. The summed E-state index contributed by atoms with van der Waals surface area (Å²) in [5, 5.41) is 0. The summed E-state index contributed by atoms with van der Waals surface area (Å²) >= 11 is 0. The second-order valence-electron chi connectivity index (χ2n) is 5.61. The van der Waals surface area contributed by atoms with Gasteiger partial charge in [-0.05, 0) is 62.5 Å². The molecule has 2 heteroatoms. The molecule has 1 nitrogen and oxygen atoms in total. The number of allylic oxidation sites excluding steroid dienone is 1. The van der Waals surface area contributed by atoms with E-state index in [1.54, 1.807) is 12.1 Å². The van der Waals surface area contributed by atoms with Crippen LogP contribution in [0.5, 0.6) is 0 Å². The second kappa shape index (κ2) is 5.87. The van der Waals surface area contributed by atoms with Gasteiger partial charge < -0.3 is 0 Å². The first kappa shape index (κ1) is 14.3. The summed E-state index contributed by atoms with van der Waals surface area (Å²) < 4.78 is 12.9. The third-order valence-corrected chi connectivity index (χ3v) is 4.46. The molecule has 0 radical (unpaired) electrons. The van der Waals surface area contributed by atoms with Gasteiger partial charge in [-0.2, -0.15) is 0 Å². The largest absolute Gasteiger partial charge is 0.298 e. The first-order chi connectivity index (χ1) is 9.09. The minimum absolute atomic E-state index is 0.159. The molecule has 0 N–H and O–H groups in total. The van der Waals surface area contributed by atoms with Crippen molar-refractivity contribution in [3.05, 3.63) is 41.7 Å². The van der Waals surface area contributed by atoms with Crippen LogP contribution in [-0.4, -0.2) is 23.5 Å². The molecule has 0 saturated carbocycles. The van der Waals surface area contributed by atoms with Crippen LogP contribution in [0.15, 0.2) is 30.3 Å². The molecule has 1 unspecified atom stereocenters. The van der Waals surface area contributed by atoms with Crippen LogP contribution in [0.25, 0.3) is 5.57 Å². The van der Waals surface area contributed by atoms with Crippen molar-refractivity contribution < 1.29 is 4.39 Å². The number of benzene rings is 1. The monoisotopic (exact) mass is 261 g/mol. The molecule has 0 aromatic heterocycles. The summed E-state index contributed by atoms with van der Waals surface area (Å²) in [7, 11) is 0. The molecule has 19 heavy (non-hydrogen) atoms. The summed E-state index contributed by atoms with van der Waals surface area (Å²) in [4.78, 5) is 2.55. The molecule has 0 bridgehead atoms. The standard InChI is InChI=1S/C17H24FN/c1-4-19(5-2)17(3)12-10-15(11-13-17)14-6-8-16(18)9-7-14/h6-10H,4-5,11-13H2,1-3H3. The van der Waals surface area contributed by atoms with Crippen LogP contribution in [0, 0.1) is 5.82 Å². The normalized spacial score (nSPS) is 23.5. The minimum Gasteiger partial charge on any atom is -0.298 e. The SMILES string of the molecule is CCN(CC)C1(C)CC=C(c2ccc(F)cc2)CC1. The van der Waals surface area contributed by atoms with Gasteiger partial charge in [0.15, 0.2) is 0 Å². The van der Waals surface area contributed by atoms with Gasteiger partial charge in [-0.3, -0.25) is 4.90 Å². The van der Waals surface area contributed by atoms with E-state index in [-0.39, 0.29) is 11.4 Å². The van der Waals surface area contributed by atoms with Gasteiger partial charge in [-0.1, -0.05) is 32.1 Å². The van der Waals surface area contributed by atoms with Crippen LogP contribution >= 0.6 is 0 Å². The Morgan fingerprint density at radius 3 is 2.26 bits per heavy atom. The highest BCUT2D eigenvalue weighted by Gasteiger charge is 2.31. The van der Waals surface area contributed by atoms with E-state index in [4.69, 9.17) is 0 Å². The van der Waals surface area contributed by atoms with Crippen LogP contribution in [0.2, 0.25) is 0 Å². The molecule has 1 aromatic carbocycles. The van der Waals surface area contributed by atoms with E-state index in [0.717, 1.165) is 25.9 Å². The van der Waals surface area contributed by atoms with Gasteiger partial charge in [0.25, 0.3) is 0 Å². The average Bonchev–Trinajstić information content (AvgIpc) is 2.42. The smallest absolute Gasteiger partial charge is 0.123 e. The predicted molar refractivity (Wildman–Crippen MR) is 79.6 cm³/mol. The highest BCUT2D eigenvalue weighted by atomic mass is 19.1. The van der Waals surface area contributed by atoms with E-state index >= 15 is 0 Å². The van der Waals surface area contributed by atoms with Crippen LogP contribution in [0.3, 0.4) is 0 Å². The lowest BCUT2D eigenvalue weighted by Gasteiger charge is -2.42. The molecular weight excluding hydrogens is 237 g/mol. The summed E-state index contributed by atoms with van der Waals surface area (Å²) in [6.07, 6.45) is 5.69. The van der Waals surface area contributed by atoms with E-state index in [1.165, 1.54) is 17.6 Å². The number of hydrogen-bond donors (Lipinski definition) is 0. The number of halogens is 1. The lowest BCUT2D eigenvalue weighted by Crippen LogP contribution is -2.46. The molecule has 0 saturated heterocycles. The predicted octanol–water partition coefficient (Wildman–Crippen LogP) is 4.49. The van der Waals surface area contributed by atoms with Crippen molar-refractivity contribution in [1.29, 1.82) is 0 Å². The topological polar surface area (TPSA) is 3.24 Å². The Morgan fingerprint density at radius 2 is 1.79 bits per heavy atom. The van der Waals surface area contributed by atoms with Gasteiger partial charge in [0.05, 0.1) is 0 Å². The fourth-order valence-corrected chi connectivity index (χ4v) is 3.15. The summed E-state index contributed by atoms with van der Waals surface area (Å²) in [6.45, 7) is 9.03. The Labute approximate surface area is 116 Å². The van der Waals surface area contributed by atoms with Crippen LogP contribution in [-0.2, 0) is 0 Å². The zero-order valence-corrected chi connectivity index (χ0v) is 12.2. The molecule has 1 aromatic rings. The summed E-state index contributed by atoms with van der Waals surface area (Å²) in [5.41, 5.74) is 2.82. The number of nitrogens with zero attached hydrogens (tertiary/aromatic N) is 1. The zero-order valence-electron chi connectivity index (χ0n) is 12.2. The zero-order chi connectivity index (χ0) is 13.9. The number of hydrogen-bond acceptors (Lipinski definition) is 1. The van der Waals surface area contributed by atoms with Gasteiger partial charge in [0.1, 0.15) is 5.82 Å². The Morgan fingerprint density at radius 1 is 1.16 bits per heavy atom. The van der Waals surface area contributed by atoms with Crippen molar-refractivity contribution in [1.82, 2.24) is 4.90 Å². The van der Waals surface area contributed by atoms with Crippen molar-refractivity contribution in [3.63, 3.8) is 0 Å². The van der Waals surface area contributed by atoms with Crippen molar-refractivity contribution in [3.8, 4) is 0 Å². The first-order valence-corrected chi connectivity index (χ1v) is 7.29. The number of rotatable bonds is 4. The fraction of sp³-hybridized carbons (Fsp3) is 0.529. The molecule has 2 rings (SSSR count). The van der Waals surface area contributed by atoms with Gasteiger partial charge in [-0.25, -0.2) is 4.39 Å². The lowest BCUT2D eigenvalue weighted by atomic mass is 9.80. The summed E-state index contributed by atoms with van der Waals surface area (Å²) in [6, 6.07) is 6.88. The van der Waals surface area contributed by atoms with Crippen LogP contribution < -0.4 is 0 Å². The highest BCUT2D eigenvalue weighted by Crippen LogP contribution is 2.36. The van der Waals surface area contributed by atoms with E-state index in [9.17, 15) is 4.39 Å². The van der Waals surface area contributed by atoms with Crippen molar-refractivity contribution in [2.24, 2.45) is 0 Å². The molecule has 104 valence electrons. The van der Waals surface area contributed by atoms with E-state index in [1.807, 2.05) is 12.1 Å². The Hall–Kier alpha value is -1.15. The Balaban J connectivity index is 2.13. The lowest BCUT2D eigenvalue weighted by molar-refractivity contribution is 0.108. The average molecular weight is 261 g/mol. The van der Waals surface area contributed by atoms with Crippen molar-refractivity contribution in [2.75, 3.05) is 13.1 Å². The van der Waals surface area contributed by atoms with Crippen LogP contribution in [0.1, 0.15) is 45.6 Å². The van der Waals surface area contributed by atoms with Gasteiger partial charge >= 0.3 is 0 Å². The molecule has 1 atom stereocenters. The fourth-order valence-electron chi connectivity index (χ4n) is 3.15. The maximum atomic E-state index is 12.9. The van der Waals surface area contributed by atoms with Gasteiger partial charge in [-0.15, -0.1) is 0 Å². The third-order valence-electron chi connectivity index (χ3n) is 4.46. The molecular formula is C17H24FN. The van der Waals surface area contributed by atoms with E-state index in [0.29, 0.717) is 0 Å². The van der Waals surface area contributed by atoms with Crippen molar-refractivity contribution in [2.45, 2.75) is 45.6 Å². The Kier molecular flexibility index (Phi) is 4.41. The molecule has 1 aliphatic rings. The van der Waals surface area contributed by atoms with Gasteiger partial charge in [0, 0.05) is 5.54 Å². The van der Waals surface area contributed by atoms with Crippen molar-refractivity contribution >= 4 is 5.57 Å².